The van der Waals surface area contributed by atoms with Crippen LogP contribution in [0.5, 0.6) is 0 Å². The number of ketones is 1. The minimum Gasteiger partial charge on any atom is -0.478 e. The molecular formula is C19H17N5O5S2. The maximum absolute atomic E-state index is 13.1. The quantitative estimate of drug-likeness (QED) is 0.484. The normalized spacial score (nSPS) is 14.7. The number of tetrazole rings is 1. The van der Waals surface area contributed by atoms with Crippen LogP contribution in [0.4, 0.5) is 5.69 Å². The van der Waals surface area contributed by atoms with Gasteiger partial charge in [-0.25, -0.2) is 13.2 Å². The number of sulfonamides is 1. The fourth-order valence-electron chi connectivity index (χ4n) is 3.06. The Bertz CT molecular complexity index is 1270. The number of carboxylic acid groups (broad SMARTS) is 1. The Morgan fingerprint density at radius 3 is 2.42 bits per heavy atom. The third-order valence-corrected chi connectivity index (χ3v) is 6.69. The molecule has 0 aliphatic heterocycles. The van der Waals surface area contributed by atoms with Crippen molar-refractivity contribution in [2.45, 2.75) is 22.7 Å². The Kier molecular flexibility index (Phi) is 5.27. The first kappa shape index (κ1) is 21.0. The van der Waals surface area contributed by atoms with E-state index in [2.05, 4.69) is 20.2 Å². The van der Waals surface area contributed by atoms with Crippen LogP contribution in [0.25, 0.3) is 5.69 Å². The molecule has 31 heavy (non-hydrogen) atoms. The van der Waals surface area contributed by atoms with Crippen molar-refractivity contribution in [1.29, 1.82) is 0 Å². The number of hydrogen-bond acceptors (Lipinski definition) is 8. The summed E-state index contributed by atoms with van der Waals surface area (Å²) in [5.74, 6) is -1.23. The minimum atomic E-state index is -3.41. The van der Waals surface area contributed by atoms with Crippen LogP contribution in [0.3, 0.4) is 0 Å². The lowest BCUT2D eigenvalue weighted by Gasteiger charge is -2.14. The Labute approximate surface area is 181 Å². The van der Waals surface area contributed by atoms with Crippen molar-refractivity contribution in [3.63, 3.8) is 0 Å². The molecule has 0 bridgehead atoms. The molecule has 0 atom stereocenters. The van der Waals surface area contributed by atoms with Crippen molar-refractivity contribution in [3.05, 3.63) is 59.7 Å². The molecule has 1 saturated carbocycles. The van der Waals surface area contributed by atoms with Gasteiger partial charge in [-0.3, -0.25) is 9.52 Å². The van der Waals surface area contributed by atoms with Crippen molar-refractivity contribution < 1.29 is 23.1 Å². The van der Waals surface area contributed by atoms with Crippen LogP contribution in [0, 0.1) is 0 Å². The van der Waals surface area contributed by atoms with Gasteiger partial charge in [0.2, 0.25) is 15.2 Å². The maximum atomic E-state index is 13.1. The second kappa shape index (κ2) is 7.78. The Hall–Kier alpha value is -3.25. The Morgan fingerprint density at radius 2 is 1.81 bits per heavy atom. The summed E-state index contributed by atoms with van der Waals surface area (Å²) in [6.07, 6.45) is 2.29. The van der Waals surface area contributed by atoms with Crippen LogP contribution in [-0.4, -0.2) is 56.5 Å². The number of Topliss-reactive ketones (excluding diaryl/α,β-unsaturated/α-hetero) is 1. The molecule has 0 saturated heterocycles. The number of rotatable bonds is 8. The SMILES string of the molecule is CS(=O)(=O)Nc1ccc(C(=O)C2(Sc3nnnn3-c3ccccc3C(=O)O)CC2)cc1. The summed E-state index contributed by atoms with van der Waals surface area (Å²) >= 11 is 1.20. The number of carboxylic acids is 1. The third-order valence-electron chi connectivity index (χ3n) is 4.66. The molecule has 2 aromatic carbocycles. The van der Waals surface area contributed by atoms with Gasteiger partial charge in [0.05, 0.1) is 22.3 Å². The average molecular weight is 460 g/mol. The summed E-state index contributed by atoms with van der Waals surface area (Å²) in [6.45, 7) is 0. The number of hydrogen-bond donors (Lipinski definition) is 2. The van der Waals surface area contributed by atoms with Gasteiger partial charge >= 0.3 is 5.97 Å². The lowest BCUT2D eigenvalue weighted by molar-refractivity contribution is 0.0696. The number of carbonyl (C=O) groups is 2. The fourth-order valence-corrected chi connectivity index (χ4v) is 4.79. The molecule has 160 valence electrons. The van der Waals surface area contributed by atoms with Crippen molar-refractivity contribution >= 4 is 39.2 Å². The van der Waals surface area contributed by atoms with Crippen molar-refractivity contribution in [3.8, 4) is 5.69 Å². The first-order valence-electron chi connectivity index (χ1n) is 9.11. The van der Waals surface area contributed by atoms with E-state index in [1.165, 1.54) is 34.6 Å². The summed E-state index contributed by atoms with van der Waals surface area (Å²) in [4.78, 5) is 24.7. The molecule has 2 N–H and O–H groups in total. The van der Waals surface area contributed by atoms with Gasteiger partial charge in [0.15, 0.2) is 5.78 Å². The highest BCUT2D eigenvalue weighted by molar-refractivity contribution is 8.01. The van der Waals surface area contributed by atoms with Crippen molar-refractivity contribution in [1.82, 2.24) is 20.2 Å². The van der Waals surface area contributed by atoms with Gasteiger partial charge in [-0.1, -0.05) is 23.9 Å². The van der Waals surface area contributed by atoms with Crippen LogP contribution in [0.1, 0.15) is 33.6 Å². The molecule has 10 nitrogen and oxygen atoms in total. The van der Waals surface area contributed by atoms with Crippen LogP contribution >= 0.6 is 11.8 Å². The van der Waals surface area contributed by atoms with E-state index in [1.807, 2.05) is 0 Å². The average Bonchev–Trinajstić information content (AvgIpc) is 3.36. The standard InChI is InChI=1S/C19H17N5O5S2/c1-31(28,29)21-13-8-6-12(7-9-13)16(25)19(10-11-19)30-18-20-22-23-24(18)15-5-3-2-4-14(15)17(26)27/h2-9,21H,10-11H2,1H3,(H,26,27). The third kappa shape index (κ3) is 4.44. The molecule has 1 heterocycles. The minimum absolute atomic E-state index is 0.0433. The highest BCUT2D eigenvalue weighted by Crippen LogP contribution is 2.53. The number of nitrogens with one attached hydrogen (secondary N) is 1. The van der Waals surface area contributed by atoms with E-state index in [-0.39, 0.29) is 11.3 Å². The smallest absolute Gasteiger partial charge is 0.337 e. The topological polar surface area (TPSA) is 144 Å². The Balaban J connectivity index is 1.58. The molecule has 0 unspecified atom stereocenters. The van der Waals surface area contributed by atoms with Crippen LogP contribution in [0.15, 0.2) is 53.7 Å². The van der Waals surface area contributed by atoms with Gasteiger partial charge in [0.25, 0.3) is 0 Å². The van der Waals surface area contributed by atoms with E-state index >= 15 is 0 Å². The number of para-hydroxylation sites is 1. The molecule has 4 rings (SSSR count). The van der Waals surface area contributed by atoms with Crippen LogP contribution in [-0.2, 0) is 10.0 Å². The predicted octanol–water partition coefficient (Wildman–Crippen LogP) is 2.24. The lowest BCUT2D eigenvalue weighted by Crippen LogP contribution is -2.20. The van der Waals surface area contributed by atoms with E-state index in [1.54, 1.807) is 30.3 Å². The van der Waals surface area contributed by atoms with Gasteiger partial charge in [-0.2, -0.15) is 4.68 Å². The van der Waals surface area contributed by atoms with E-state index in [9.17, 15) is 23.1 Å². The number of nitrogens with zero attached hydrogens (tertiary/aromatic N) is 4. The van der Waals surface area contributed by atoms with Gasteiger partial charge in [-0.15, -0.1) is 5.10 Å². The second-order valence-electron chi connectivity index (χ2n) is 7.07. The monoisotopic (exact) mass is 459 g/mol. The number of aromatic nitrogens is 4. The van der Waals surface area contributed by atoms with E-state index < -0.39 is 20.7 Å². The second-order valence-corrected chi connectivity index (χ2v) is 10.2. The van der Waals surface area contributed by atoms with Crippen molar-refractivity contribution in [2.24, 2.45) is 0 Å². The maximum Gasteiger partial charge on any atom is 0.337 e. The lowest BCUT2D eigenvalue weighted by atomic mass is 10.1. The zero-order valence-electron chi connectivity index (χ0n) is 16.2. The van der Waals surface area contributed by atoms with Gasteiger partial charge in [0, 0.05) is 11.3 Å². The van der Waals surface area contributed by atoms with Crippen LogP contribution < -0.4 is 4.72 Å². The Morgan fingerprint density at radius 1 is 1.13 bits per heavy atom. The molecule has 0 amide bonds. The molecule has 1 aromatic heterocycles. The first-order chi connectivity index (χ1) is 14.7. The summed E-state index contributed by atoms with van der Waals surface area (Å²) in [7, 11) is -3.41. The van der Waals surface area contributed by atoms with E-state index in [0.29, 0.717) is 34.9 Å². The predicted molar refractivity (Wildman–Crippen MR) is 113 cm³/mol. The highest BCUT2D eigenvalue weighted by atomic mass is 32.2. The number of thioether (sulfide) groups is 1. The highest BCUT2D eigenvalue weighted by Gasteiger charge is 2.52. The summed E-state index contributed by atoms with van der Waals surface area (Å²) in [5.41, 5.74) is 1.16. The molecular weight excluding hydrogens is 442 g/mol. The van der Waals surface area contributed by atoms with E-state index in [0.717, 1.165) is 6.26 Å². The molecule has 1 fully saturated rings. The number of benzene rings is 2. The summed E-state index contributed by atoms with van der Waals surface area (Å²) < 4.78 is 25.6. The molecule has 0 spiro atoms. The molecule has 1 aliphatic rings. The summed E-state index contributed by atoms with van der Waals surface area (Å²) in [5, 5.41) is 21.3. The zero-order chi connectivity index (χ0) is 22.2. The molecule has 0 radical (unpaired) electrons. The van der Waals surface area contributed by atoms with Crippen LogP contribution in [0.2, 0.25) is 0 Å². The largest absolute Gasteiger partial charge is 0.478 e. The molecule has 12 heteroatoms. The number of carbonyl (C=O) groups excluding carboxylic acids is 1. The fraction of sp³-hybridized carbons (Fsp3) is 0.211. The number of aromatic carboxylic acids is 1. The first-order valence-corrected chi connectivity index (χ1v) is 11.8. The van der Waals surface area contributed by atoms with Crippen molar-refractivity contribution in [2.75, 3.05) is 11.0 Å². The molecule has 3 aromatic rings. The zero-order valence-corrected chi connectivity index (χ0v) is 17.9. The summed E-state index contributed by atoms with van der Waals surface area (Å²) in [6, 6.07) is 12.5. The van der Waals surface area contributed by atoms with Gasteiger partial charge in [-0.05, 0) is 59.7 Å². The van der Waals surface area contributed by atoms with Gasteiger partial charge in [0.1, 0.15) is 0 Å². The molecule has 1 aliphatic carbocycles. The number of anilines is 1. The van der Waals surface area contributed by atoms with Gasteiger partial charge < -0.3 is 5.11 Å². The van der Waals surface area contributed by atoms with E-state index in [4.69, 9.17) is 0 Å².